The molecule has 1 aliphatic heterocycles. The number of halogens is 2. The molecule has 3 aromatic rings. The van der Waals surface area contributed by atoms with Crippen molar-refractivity contribution in [1.82, 2.24) is 8.99 Å². The Hall–Kier alpha value is -1.13. The van der Waals surface area contributed by atoms with Gasteiger partial charge in [0, 0.05) is 39.5 Å². The maximum Gasteiger partial charge on any atom is 0.0691 e. The number of likely N-dealkylation sites (tertiary alicyclic amines) is 1. The first-order chi connectivity index (χ1) is 12.6. The Morgan fingerprint density at radius 2 is 1.70 bits per heavy atom. The van der Waals surface area contributed by atoms with Crippen molar-refractivity contribution in [2.45, 2.75) is 43.4 Å². The summed E-state index contributed by atoms with van der Waals surface area (Å²) in [4.78, 5) is 3.94. The number of aryl methyl sites for hydroxylation is 1. The van der Waals surface area contributed by atoms with Crippen LogP contribution in [0.4, 0.5) is 0 Å². The van der Waals surface area contributed by atoms with Gasteiger partial charge in [0.15, 0.2) is 0 Å². The molecule has 0 radical (unpaired) electrons. The molecule has 1 saturated heterocycles. The quantitative estimate of drug-likeness (QED) is 0.479. The predicted molar refractivity (Wildman–Crippen MR) is 121 cm³/mol. The Bertz CT molecular complexity index is 900. The first-order valence-electron chi connectivity index (χ1n) is 9.33. The summed E-state index contributed by atoms with van der Waals surface area (Å²) in [6, 6.07) is 17.3. The van der Waals surface area contributed by atoms with Gasteiger partial charge in [-0.2, -0.15) is 0 Å². The van der Waals surface area contributed by atoms with E-state index in [1.165, 1.54) is 53.0 Å². The van der Waals surface area contributed by atoms with Crippen LogP contribution in [0.25, 0.3) is 10.9 Å². The van der Waals surface area contributed by atoms with Crippen LogP contribution < -0.4 is 0 Å². The van der Waals surface area contributed by atoms with E-state index in [0.29, 0.717) is 5.25 Å². The fourth-order valence-corrected chi connectivity index (χ4v) is 5.59. The molecule has 0 atom stereocenters. The van der Waals surface area contributed by atoms with Crippen molar-refractivity contribution in [2.75, 3.05) is 13.1 Å². The Kier molecular flexibility index (Phi) is 6.80. The fraction of sp³-hybridized carbons (Fsp3) is 0.364. The van der Waals surface area contributed by atoms with Gasteiger partial charge < -0.3 is 0 Å². The number of hydrogen-bond acceptors (Lipinski definition) is 2. The van der Waals surface area contributed by atoms with Crippen molar-refractivity contribution in [3.63, 3.8) is 0 Å². The van der Waals surface area contributed by atoms with E-state index in [0.717, 1.165) is 12.1 Å². The number of para-hydroxylation sites is 1. The van der Waals surface area contributed by atoms with Crippen LogP contribution in [0.5, 0.6) is 0 Å². The molecule has 4 rings (SSSR count). The minimum Gasteiger partial charge on any atom is -0.299 e. The summed E-state index contributed by atoms with van der Waals surface area (Å²) in [7, 11) is 0. The number of fused-ring (bicyclic) bond motifs is 1. The van der Waals surface area contributed by atoms with E-state index in [4.69, 9.17) is 11.8 Å². The molecule has 0 unspecified atom stereocenters. The number of rotatable bonds is 4. The first-order valence-corrected chi connectivity index (χ1v) is 10.5. The molecule has 144 valence electrons. The van der Waals surface area contributed by atoms with Gasteiger partial charge in [-0.15, -0.1) is 24.2 Å². The van der Waals surface area contributed by atoms with Crippen LogP contribution in [0.1, 0.15) is 29.7 Å². The van der Waals surface area contributed by atoms with Crippen LogP contribution in [0, 0.1) is 13.8 Å². The van der Waals surface area contributed by atoms with Crippen molar-refractivity contribution in [3.8, 4) is 0 Å². The second kappa shape index (κ2) is 8.91. The van der Waals surface area contributed by atoms with Gasteiger partial charge >= 0.3 is 0 Å². The van der Waals surface area contributed by atoms with E-state index in [-0.39, 0.29) is 12.4 Å². The van der Waals surface area contributed by atoms with Crippen LogP contribution in [0.3, 0.4) is 0 Å². The highest BCUT2D eigenvalue weighted by molar-refractivity contribution is 8.00. The van der Waals surface area contributed by atoms with Gasteiger partial charge in [-0.1, -0.05) is 48.5 Å². The number of nitrogens with zero attached hydrogens (tertiary/aromatic N) is 2. The molecule has 0 saturated carbocycles. The molecule has 0 spiro atoms. The lowest BCUT2D eigenvalue weighted by Crippen LogP contribution is -2.34. The molecule has 5 heteroatoms. The molecule has 0 N–H and O–H groups in total. The molecule has 2 heterocycles. The summed E-state index contributed by atoms with van der Waals surface area (Å²) in [5.41, 5.74) is 4.99. The number of piperidine rings is 1. The number of aromatic nitrogens is 1. The third-order valence-electron chi connectivity index (χ3n) is 5.37. The summed E-state index contributed by atoms with van der Waals surface area (Å²) in [5, 5.41) is 1.97. The fourth-order valence-electron chi connectivity index (χ4n) is 3.90. The number of thioether (sulfide) groups is 1. The van der Waals surface area contributed by atoms with Crippen molar-refractivity contribution in [2.24, 2.45) is 0 Å². The zero-order valence-electron chi connectivity index (χ0n) is 15.8. The highest BCUT2D eigenvalue weighted by Crippen LogP contribution is 2.40. The summed E-state index contributed by atoms with van der Waals surface area (Å²) in [6.45, 7) is 7.68. The van der Waals surface area contributed by atoms with Crippen LogP contribution in [-0.2, 0) is 6.54 Å². The van der Waals surface area contributed by atoms with Gasteiger partial charge in [-0.05, 0) is 50.9 Å². The van der Waals surface area contributed by atoms with Crippen molar-refractivity contribution < 1.29 is 0 Å². The smallest absolute Gasteiger partial charge is 0.0691 e. The zero-order chi connectivity index (χ0) is 18.1. The predicted octanol–water partition coefficient (Wildman–Crippen LogP) is 6.44. The molecule has 2 aromatic carbocycles. The molecule has 1 fully saturated rings. The van der Waals surface area contributed by atoms with Gasteiger partial charge in [-0.3, -0.25) is 8.99 Å². The van der Waals surface area contributed by atoms with E-state index >= 15 is 0 Å². The molecule has 1 aromatic heterocycles. The van der Waals surface area contributed by atoms with Crippen molar-refractivity contribution >= 4 is 46.8 Å². The zero-order valence-corrected chi connectivity index (χ0v) is 18.2. The minimum atomic E-state index is 0. The third-order valence-corrected chi connectivity index (χ3v) is 7.35. The Labute approximate surface area is 177 Å². The average Bonchev–Trinajstić information content (AvgIpc) is 2.90. The van der Waals surface area contributed by atoms with E-state index in [1.54, 1.807) is 0 Å². The van der Waals surface area contributed by atoms with E-state index in [2.05, 4.69) is 67.3 Å². The standard InChI is InChI=1S/C22H25ClN2S.ClH/c1-16-7-6-10-20-21(16)25(23)17(2)22(20)26-19-11-13-24(14-12-19)15-18-8-4-3-5-9-18;/h3-10,19H,11-15H2,1-2H3;1H. The third kappa shape index (κ3) is 4.32. The van der Waals surface area contributed by atoms with Gasteiger partial charge in [-0.25, -0.2) is 0 Å². The maximum atomic E-state index is 6.58. The normalized spacial score (nSPS) is 15.8. The lowest BCUT2D eigenvalue weighted by molar-refractivity contribution is 0.225. The Balaban J connectivity index is 0.00000210. The minimum absolute atomic E-state index is 0. The van der Waals surface area contributed by atoms with E-state index in [9.17, 15) is 0 Å². The van der Waals surface area contributed by atoms with Crippen LogP contribution in [0.2, 0.25) is 0 Å². The van der Waals surface area contributed by atoms with Gasteiger partial charge in [0.25, 0.3) is 0 Å². The van der Waals surface area contributed by atoms with Gasteiger partial charge in [0.05, 0.1) is 5.52 Å². The van der Waals surface area contributed by atoms with Crippen LogP contribution >= 0.6 is 35.9 Å². The van der Waals surface area contributed by atoms with Gasteiger partial charge in [0.1, 0.15) is 0 Å². The second-order valence-corrected chi connectivity index (χ2v) is 8.89. The lowest BCUT2D eigenvalue weighted by Gasteiger charge is -2.31. The molecule has 2 nitrogen and oxygen atoms in total. The summed E-state index contributed by atoms with van der Waals surface area (Å²) >= 11 is 8.60. The van der Waals surface area contributed by atoms with Crippen molar-refractivity contribution in [3.05, 3.63) is 65.4 Å². The van der Waals surface area contributed by atoms with Gasteiger partial charge in [0.2, 0.25) is 0 Å². The van der Waals surface area contributed by atoms with Crippen molar-refractivity contribution in [1.29, 1.82) is 0 Å². The molecule has 0 aliphatic carbocycles. The Morgan fingerprint density at radius 1 is 1.00 bits per heavy atom. The molecular weight excluding hydrogens is 395 g/mol. The van der Waals surface area contributed by atoms with Crippen LogP contribution in [-0.4, -0.2) is 27.3 Å². The highest BCUT2D eigenvalue weighted by Gasteiger charge is 2.23. The number of benzene rings is 2. The van der Waals surface area contributed by atoms with E-state index < -0.39 is 0 Å². The molecule has 0 amide bonds. The largest absolute Gasteiger partial charge is 0.299 e. The highest BCUT2D eigenvalue weighted by atomic mass is 35.5. The second-order valence-electron chi connectivity index (χ2n) is 7.25. The first kappa shape index (κ1) is 20.6. The SMILES string of the molecule is Cc1cccc2c(SC3CCN(Cc4ccccc4)CC3)c(C)n(Cl)c12.Cl. The topological polar surface area (TPSA) is 8.17 Å². The van der Waals surface area contributed by atoms with E-state index in [1.807, 2.05) is 15.8 Å². The molecule has 1 aliphatic rings. The summed E-state index contributed by atoms with van der Waals surface area (Å²) < 4.78 is 1.84. The monoisotopic (exact) mass is 420 g/mol. The molecule has 0 bridgehead atoms. The van der Waals surface area contributed by atoms with Crippen LogP contribution in [0.15, 0.2) is 53.4 Å². The molecule has 27 heavy (non-hydrogen) atoms. The molecular formula is C22H26Cl2N2S. The average molecular weight is 421 g/mol. The summed E-state index contributed by atoms with van der Waals surface area (Å²) in [6.07, 6.45) is 2.47. The lowest BCUT2D eigenvalue weighted by atomic mass is 10.1. The maximum absolute atomic E-state index is 6.58. The summed E-state index contributed by atoms with van der Waals surface area (Å²) in [5.74, 6) is 0. The Morgan fingerprint density at radius 3 is 2.41 bits per heavy atom. The number of hydrogen-bond donors (Lipinski definition) is 0.